The maximum atomic E-state index is 13.3. The molecular weight excluding hydrogens is 416 g/mol. The van der Waals surface area contributed by atoms with Crippen LogP contribution in [-0.2, 0) is 17.9 Å². The second-order valence-electron chi connectivity index (χ2n) is 7.29. The first kappa shape index (κ1) is 20.8. The summed E-state index contributed by atoms with van der Waals surface area (Å²) in [6, 6.07) is 11.0. The Morgan fingerprint density at radius 2 is 1.41 bits per heavy atom. The van der Waals surface area contributed by atoms with Crippen molar-refractivity contribution in [2.24, 2.45) is 5.92 Å². The molecule has 4 rings (SSSR count). The fourth-order valence-electron chi connectivity index (χ4n) is 3.63. The third kappa shape index (κ3) is 3.93. The molecule has 1 aliphatic heterocycles. The van der Waals surface area contributed by atoms with Gasteiger partial charge in [0.1, 0.15) is 24.7 Å². The molecule has 2 aromatic carbocycles. The summed E-state index contributed by atoms with van der Waals surface area (Å²) in [5.74, 6) is -1.03. The van der Waals surface area contributed by atoms with Gasteiger partial charge in [0.2, 0.25) is 0 Å². The van der Waals surface area contributed by atoms with Gasteiger partial charge in [-0.2, -0.15) is 14.3 Å². The zero-order chi connectivity index (χ0) is 22.8. The fourth-order valence-corrected chi connectivity index (χ4v) is 3.63. The van der Waals surface area contributed by atoms with Crippen LogP contribution in [0.5, 0.6) is 0 Å². The number of rotatable bonds is 6. The van der Waals surface area contributed by atoms with Gasteiger partial charge in [-0.15, -0.1) is 0 Å². The predicted molar refractivity (Wildman–Crippen MR) is 113 cm³/mol. The molecule has 1 heterocycles. The average molecular weight is 433 g/mol. The van der Waals surface area contributed by atoms with Crippen molar-refractivity contribution >= 4 is 29.0 Å². The van der Waals surface area contributed by atoms with E-state index in [1.165, 1.54) is 41.0 Å². The van der Waals surface area contributed by atoms with Gasteiger partial charge in [0.25, 0.3) is 11.4 Å². The Kier molecular flexibility index (Phi) is 5.42. The highest BCUT2D eigenvalue weighted by molar-refractivity contribution is 6.16. The highest BCUT2D eigenvalue weighted by atomic mass is 16.6. The number of hydrogen-bond acceptors (Lipinski definition) is 6. The van der Waals surface area contributed by atoms with Gasteiger partial charge in [0.05, 0.1) is 9.85 Å². The van der Waals surface area contributed by atoms with Crippen molar-refractivity contribution in [1.29, 1.82) is 0 Å². The van der Waals surface area contributed by atoms with Gasteiger partial charge in [-0.05, 0) is 41.5 Å². The van der Waals surface area contributed by atoms with Crippen LogP contribution < -0.4 is 0 Å². The number of amides is 3. The smallest absolute Gasteiger partial charge is 0.258 e. The molecule has 0 bridgehead atoms. The quantitative estimate of drug-likeness (QED) is 0.390. The molecule has 0 fully saturated rings. The molecule has 0 saturated carbocycles. The predicted octanol–water partition coefficient (Wildman–Crippen LogP) is 3.36. The van der Waals surface area contributed by atoms with Crippen LogP contribution in [-0.4, -0.2) is 37.0 Å². The van der Waals surface area contributed by atoms with Crippen molar-refractivity contribution in [1.82, 2.24) is 4.90 Å². The van der Waals surface area contributed by atoms with Crippen LogP contribution in [0.3, 0.4) is 0 Å². The Bertz CT molecular complexity index is 1210. The molecule has 3 amide bonds. The number of carbonyl (C=O) groups is 2. The second kappa shape index (κ2) is 8.34. The molecule has 2 aliphatic rings. The molecule has 2 aromatic rings. The lowest BCUT2D eigenvalue weighted by Gasteiger charge is -2.27. The minimum absolute atomic E-state index is 0.0340. The van der Waals surface area contributed by atoms with Crippen LogP contribution >= 0.6 is 0 Å². The number of hydrogen-bond donors (Lipinski definition) is 0. The van der Waals surface area contributed by atoms with Gasteiger partial charge in [-0.25, -0.2) is 4.79 Å². The van der Waals surface area contributed by atoms with Gasteiger partial charge in [0, 0.05) is 24.3 Å². The summed E-state index contributed by atoms with van der Waals surface area (Å²) < 4.78 is 1.47. The van der Waals surface area contributed by atoms with Crippen molar-refractivity contribution < 1.29 is 24.0 Å². The van der Waals surface area contributed by atoms with Crippen molar-refractivity contribution in [2.45, 2.75) is 13.1 Å². The summed E-state index contributed by atoms with van der Waals surface area (Å²) in [6.07, 6.45) is 6.88. The van der Waals surface area contributed by atoms with Gasteiger partial charge >= 0.3 is 11.9 Å². The Balaban J connectivity index is 1.65. The Morgan fingerprint density at radius 1 is 0.844 bits per heavy atom. The second-order valence-corrected chi connectivity index (χ2v) is 7.29. The molecule has 0 radical (unpaired) electrons. The van der Waals surface area contributed by atoms with E-state index in [1.54, 1.807) is 36.4 Å². The monoisotopic (exact) mass is 433 g/mol. The number of benzene rings is 2. The van der Waals surface area contributed by atoms with Crippen LogP contribution in [0.15, 0.2) is 72.8 Å². The van der Waals surface area contributed by atoms with Gasteiger partial charge in [0.15, 0.2) is 0 Å². The molecule has 1 atom stereocenters. The van der Waals surface area contributed by atoms with E-state index in [0.29, 0.717) is 16.8 Å². The summed E-state index contributed by atoms with van der Waals surface area (Å²) in [7, 11) is 0. The molecule has 10 nitrogen and oxygen atoms in total. The van der Waals surface area contributed by atoms with E-state index in [9.17, 15) is 29.8 Å². The van der Waals surface area contributed by atoms with Crippen molar-refractivity contribution in [2.75, 3.05) is 0 Å². The van der Waals surface area contributed by atoms with Gasteiger partial charge in [-0.1, -0.05) is 18.2 Å². The zero-order valence-electron chi connectivity index (χ0n) is 16.7. The standard InChI is InChI=1S/C22H17N4O6/c27-21-19-3-1-2-4-20(19)23(13-15-5-9-17(10-6-15)25(29)30)22(28)24(21)14-16-7-11-18(12-8-16)26(31)32/h1-12,19H,13-14H2/q+1. The summed E-state index contributed by atoms with van der Waals surface area (Å²) in [6.45, 7) is 0.0959. The first-order valence-corrected chi connectivity index (χ1v) is 9.66. The molecule has 1 unspecified atom stereocenters. The van der Waals surface area contributed by atoms with Crippen LogP contribution in [0, 0.1) is 26.1 Å². The normalized spacial score (nSPS) is 17.5. The molecule has 160 valence electrons. The topological polar surface area (TPSA) is 127 Å². The highest BCUT2D eigenvalue weighted by Crippen LogP contribution is 2.24. The lowest BCUT2D eigenvalue weighted by atomic mass is 9.94. The number of nitro benzene ring substituents is 2. The molecule has 0 N–H and O–H groups in total. The van der Waals surface area contributed by atoms with Crippen LogP contribution in [0.2, 0.25) is 0 Å². The number of non-ortho nitro benzene ring substituents is 2. The Labute approximate surface area is 181 Å². The van der Waals surface area contributed by atoms with E-state index >= 15 is 0 Å². The minimum Gasteiger partial charge on any atom is -0.258 e. The molecule has 0 aromatic heterocycles. The highest BCUT2D eigenvalue weighted by Gasteiger charge is 2.46. The van der Waals surface area contributed by atoms with Crippen LogP contribution in [0.1, 0.15) is 11.1 Å². The molecule has 1 aliphatic carbocycles. The summed E-state index contributed by atoms with van der Waals surface area (Å²) in [5.41, 5.74) is 1.63. The maximum Gasteiger partial charge on any atom is 0.501 e. The Hall–Kier alpha value is -4.47. The maximum absolute atomic E-state index is 13.3. The zero-order valence-corrected chi connectivity index (χ0v) is 16.7. The number of carbonyl (C=O) groups excluding carboxylic acids is 2. The van der Waals surface area contributed by atoms with E-state index in [0.717, 1.165) is 4.90 Å². The SMILES string of the molecule is O=C1C2C=CC=CC2=[N+](Cc2ccc([N+](=O)[O-])cc2)C(=O)N1Cc1ccc([N+](=O)[O-])cc1. The molecule has 32 heavy (non-hydrogen) atoms. The van der Waals surface area contributed by atoms with Crippen molar-refractivity contribution in [3.63, 3.8) is 0 Å². The number of imide groups is 1. The first-order chi connectivity index (χ1) is 15.3. The number of allylic oxidation sites excluding steroid dienone is 3. The molecule has 0 saturated heterocycles. The fraction of sp³-hybridized carbons (Fsp3) is 0.136. The van der Waals surface area contributed by atoms with E-state index in [-0.39, 0.29) is 30.4 Å². The Morgan fingerprint density at radius 3 is 1.97 bits per heavy atom. The van der Waals surface area contributed by atoms with E-state index in [1.807, 2.05) is 0 Å². The first-order valence-electron chi connectivity index (χ1n) is 9.66. The van der Waals surface area contributed by atoms with Crippen LogP contribution in [0.4, 0.5) is 16.2 Å². The van der Waals surface area contributed by atoms with Gasteiger partial charge < -0.3 is 0 Å². The third-order valence-corrected chi connectivity index (χ3v) is 5.28. The van der Waals surface area contributed by atoms with E-state index < -0.39 is 21.8 Å². The van der Waals surface area contributed by atoms with Crippen molar-refractivity contribution in [3.05, 3.63) is 104 Å². The lowest BCUT2D eigenvalue weighted by molar-refractivity contribution is -0.456. The van der Waals surface area contributed by atoms with E-state index in [4.69, 9.17) is 0 Å². The average Bonchev–Trinajstić information content (AvgIpc) is 2.80. The molecular formula is C22H17N4O6+. The summed E-state index contributed by atoms with van der Waals surface area (Å²) in [4.78, 5) is 48.2. The van der Waals surface area contributed by atoms with Crippen molar-refractivity contribution in [3.8, 4) is 0 Å². The summed E-state index contributed by atoms with van der Waals surface area (Å²) in [5, 5.41) is 21.8. The number of nitro groups is 2. The third-order valence-electron chi connectivity index (χ3n) is 5.28. The minimum atomic E-state index is -0.645. The number of fused-ring (bicyclic) bond motifs is 1. The summed E-state index contributed by atoms with van der Waals surface area (Å²) >= 11 is 0. The largest absolute Gasteiger partial charge is 0.501 e. The van der Waals surface area contributed by atoms with E-state index in [2.05, 4.69) is 0 Å². The van der Waals surface area contributed by atoms with Crippen LogP contribution in [0.25, 0.3) is 0 Å². The van der Waals surface area contributed by atoms with Gasteiger partial charge in [-0.3, -0.25) is 20.2 Å². The number of nitrogens with zero attached hydrogens (tertiary/aromatic N) is 4. The molecule has 10 heteroatoms. The lowest BCUT2D eigenvalue weighted by Crippen LogP contribution is -2.53. The number of urea groups is 1. The molecule has 0 spiro atoms.